The van der Waals surface area contributed by atoms with Crippen molar-refractivity contribution in [3.05, 3.63) is 82.2 Å². The summed E-state index contributed by atoms with van der Waals surface area (Å²) in [6.07, 6.45) is 9.20. The van der Waals surface area contributed by atoms with Crippen molar-refractivity contribution in [1.29, 1.82) is 0 Å². The van der Waals surface area contributed by atoms with E-state index in [1.165, 1.54) is 16.7 Å². The number of fused-ring (bicyclic) bond motifs is 1. The van der Waals surface area contributed by atoms with Gasteiger partial charge < -0.3 is 9.30 Å². The molecular formula is C26H24F2N4O2. The fourth-order valence-corrected chi connectivity index (χ4v) is 4.82. The van der Waals surface area contributed by atoms with Gasteiger partial charge in [0.05, 0.1) is 29.4 Å². The van der Waals surface area contributed by atoms with Crippen LogP contribution >= 0.6 is 0 Å². The first-order valence-corrected chi connectivity index (χ1v) is 11.6. The van der Waals surface area contributed by atoms with Crippen LogP contribution in [0.25, 0.3) is 22.0 Å². The summed E-state index contributed by atoms with van der Waals surface area (Å²) >= 11 is 0. The number of hydrogen-bond acceptors (Lipinski definition) is 4. The molecule has 0 amide bonds. The number of aryl methyl sites for hydroxylation is 1. The largest absolute Gasteiger partial charge is 0.373 e. The van der Waals surface area contributed by atoms with Gasteiger partial charge in [0.2, 0.25) is 0 Å². The molecule has 8 heteroatoms. The second-order valence-corrected chi connectivity index (χ2v) is 9.28. The summed E-state index contributed by atoms with van der Waals surface area (Å²) < 4.78 is 37.9. The molecule has 174 valence electrons. The van der Waals surface area contributed by atoms with E-state index in [0.29, 0.717) is 35.5 Å². The predicted octanol–water partition coefficient (Wildman–Crippen LogP) is 5.05. The number of ether oxygens (including phenoxy) is 1. The van der Waals surface area contributed by atoms with Gasteiger partial charge in [0.1, 0.15) is 11.6 Å². The number of halogens is 2. The van der Waals surface area contributed by atoms with Crippen molar-refractivity contribution >= 4 is 10.8 Å². The van der Waals surface area contributed by atoms with Gasteiger partial charge in [-0.25, -0.2) is 8.78 Å². The zero-order valence-corrected chi connectivity index (χ0v) is 18.7. The maximum absolute atomic E-state index is 14.8. The van der Waals surface area contributed by atoms with Crippen molar-refractivity contribution < 1.29 is 13.5 Å². The van der Waals surface area contributed by atoms with Gasteiger partial charge in [-0.1, -0.05) is 0 Å². The third kappa shape index (κ3) is 3.72. The van der Waals surface area contributed by atoms with Crippen molar-refractivity contribution in [3.63, 3.8) is 0 Å². The monoisotopic (exact) mass is 462 g/mol. The topological polar surface area (TPSA) is 61.9 Å². The van der Waals surface area contributed by atoms with Gasteiger partial charge >= 0.3 is 0 Å². The molecule has 0 spiro atoms. The molecule has 3 aromatic heterocycles. The molecule has 4 heterocycles. The summed E-state index contributed by atoms with van der Waals surface area (Å²) in [6, 6.07) is 7.51. The van der Waals surface area contributed by atoms with Crippen molar-refractivity contribution in [2.75, 3.05) is 6.61 Å². The van der Waals surface area contributed by atoms with Crippen LogP contribution in [0.15, 0.2) is 53.7 Å². The molecule has 0 N–H and O–H groups in total. The summed E-state index contributed by atoms with van der Waals surface area (Å²) in [5.74, 6) is -1.33. The summed E-state index contributed by atoms with van der Waals surface area (Å²) in [7, 11) is 1.68. The standard InChI is InChI=1S/C26H24F2N4O2/c1-31-8-6-19-21(26(31)33)12-23(30-25(19)20-5-2-17(27)11-22(20)28)15-7-9-34-24(10-15)16-13-29-32(14-16)18-3-4-18/h2,5-6,8,11-15,18,24H,3-4,7,9-10H2,1H3/t15-,24-/m1/s1. The fraction of sp³-hybridized carbons (Fsp3) is 0.346. The van der Waals surface area contributed by atoms with E-state index < -0.39 is 11.6 Å². The van der Waals surface area contributed by atoms with E-state index in [4.69, 9.17) is 9.72 Å². The number of hydrogen-bond donors (Lipinski definition) is 0. The number of benzene rings is 1. The van der Waals surface area contributed by atoms with Crippen LogP contribution in [0.5, 0.6) is 0 Å². The Labute approximate surface area is 194 Å². The summed E-state index contributed by atoms with van der Waals surface area (Å²) in [4.78, 5) is 17.8. The number of nitrogens with zero attached hydrogens (tertiary/aromatic N) is 4. The van der Waals surface area contributed by atoms with Crippen molar-refractivity contribution in [2.24, 2.45) is 7.05 Å². The Balaban J connectivity index is 1.43. The minimum absolute atomic E-state index is 0.0274. The Morgan fingerprint density at radius 2 is 1.94 bits per heavy atom. The molecule has 4 aromatic rings. The van der Waals surface area contributed by atoms with E-state index in [-0.39, 0.29) is 23.1 Å². The van der Waals surface area contributed by atoms with Crippen molar-refractivity contribution in [3.8, 4) is 11.3 Å². The van der Waals surface area contributed by atoms with Crippen LogP contribution in [0, 0.1) is 11.6 Å². The van der Waals surface area contributed by atoms with Gasteiger partial charge in [0, 0.05) is 60.2 Å². The van der Waals surface area contributed by atoms with Gasteiger partial charge in [-0.15, -0.1) is 0 Å². The SMILES string of the molecule is Cn1ccc2c(-c3ccc(F)cc3F)nc([C@@H]3CCO[C@@H](c4cnn(C5CC5)c4)C3)cc2c1=O. The zero-order chi connectivity index (χ0) is 23.4. The molecule has 6 nitrogen and oxygen atoms in total. The molecule has 6 rings (SSSR count). The van der Waals surface area contributed by atoms with Gasteiger partial charge in [0.25, 0.3) is 5.56 Å². The molecule has 1 aromatic carbocycles. The second kappa shape index (κ2) is 8.13. The smallest absolute Gasteiger partial charge is 0.258 e. The van der Waals surface area contributed by atoms with Crippen molar-refractivity contribution in [2.45, 2.75) is 43.7 Å². The maximum Gasteiger partial charge on any atom is 0.258 e. The lowest BCUT2D eigenvalue weighted by Gasteiger charge is -2.29. The molecule has 1 saturated carbocycles. The average Bonchev–Trinajstić information content (AvgIpc) is 3.57. The molecule has 34 heavy (non-hydrogen) atoms. The van der Waals surface area contributed by atoms with E-state index in [1.54, 1.807) is 19.3 Å². The lowest BCUT2D eigenvalue weighted by atomic mass is 9.89. The Bertz CT molecular complexity index is 1460. The molecule has 0 radical (unpaired) electrons. The normalized spacial score (nSPS) is 20.7. The second-order valence-electron chi connectivity index (χ2n) is 9.28. The van der Waals surface area contributed by atoms with E-state index in [2.05, 4.69) is 11.3 Å². The third-order valence-electron chi connectivity index (χ3n) is 6.90. The van der Waals surface area contributed by atoms with Crippen LogP contribution in [0.2, 0.25) is 0 Å². The van der Waals surface area contributed by atoms with Gasteiger partial charge in [0.15, 0.2) is 0 Å². The highest BCUT2D eigenvalue weighted by atomic mass is 19.1. The summed E-state index contributed by atoms with van der Waals surface area (Å²) in [6.45, 7) is 0.552. The first-order valence-electron chi connectivity index (χ1n) is 11.6. The van der Waals surface area contributed by atoms with Gasteiger partial charge in [-0.3, -0.25) is 14.5 Å². The van der Waals surface area contributed by atoms with Gasteiger partial charge in [-0.2, -0.15) is 5.10 Å². The van der Waals surface area contributed by atoms with Crippen LogP contribution in [0.4, 0.5) is 8.78 Å². The van der Waals surface area contributed by atoms with Crippen LogP contribution in [0.3, 0.4) is 0 Å². The molecule has 2 aliphatic rings. The van der Waals surface area contributed by atoms with Crippen LogP contribution in [0.1, 0.15) is 55.0 Å². The number of pyridine rings is 2. The average molecular weight is 463 g/mol. The zero-order valence-electron chi connectivity index (χ0n) is 18.7. The summed E-state index contributed by atoms with van der Waals surface area (Å²) in [5, 5.41) is 5.51. The molecule has 0 unspecified atom stereocenters. The van der Waals surface area contributed by atoms with Gasteiger partial charge in [-0.05, 0) is 49.9 Å². The number of rotatable bonds is 4. The Morgan fingerprint density at radius 1 is 1.09 bits per heavy atom. The van der Waals surface area contributed by atoms with Crippen molar-refractivity contribution in [1.82, 2.24) is 19.3 Å². The van der Waals surface area contributed by atoms with E-state index in [1.807, 2.05) is 16.9 Å². The molecule has 1 aliphatic carbocycles. The van der Waals surface area contributed by atoms with Crippen LogP contribution < -0.4 is 5.56 Å². The van der Waals surface area contributed by atoms with Crippen LogP contribution in [-0.2, 0) is 11.8 Å². The Hall–Kier alpha value is -3.39. The fourth-order valence-electron chi connectivity index (χ4n) is 4.82. The highest BCUT2D eigenvalue weighted by molar-refractivity contribution is 5.94. The molecule has 1 aliphatic heterocycles. The lowest BCUT2D eigenvalue weighted by molar-refractivity contribution is 0.00463. The van der Waals surface area contributed by atoms with E-state index in [0.717, 1.165) is 36.6 Å². The number of aromatic nitrogens is 4. The first-order chi connectivity index (χ1) is 16.5. The Kier molecular flexibility index (Phi) is 5.06. The molecule has 0 bridgehead atoms. The Morgan fingerprint density at radius 3 is 2.74 bits per heavy atom. The molecule has 2 atom stereocenters. The predicted molar refractivity (Wildman–Crippen MR) is 124 cm³/mol. The minimum Gasteiger partial charge on any atom is -0.373 e. The van der Waals surface area contributed by atoms with E-state index >= 15 is 0 Å². The van der Waals surface area contributed by atoms with Crippen LogP contribution in [-0.4, -0.2) is 25.9 Å². The molecular weight excluding hydrogens is 438 g/mol. The minimum atomic E-state index is -0.705. The highest BCUT2D eigenvalue weighted by Gasteiger charge is 2.30. The highest BCUT2D eigenvalue weighted by Crippen LogP contribution is 2.40. The first kappa shape index (κ1) is 21.2. The van der Waals surface area contributed by atoms with E-state index in [9.17, 15) is 13.6 Å². The maximum atomic E-state index is 14.8. The molecule has 2 fully saturated rings. The lowest BCUT2D eigenvalue weighted by Crippen LogP contribution is -2.21. The quantitative estimate of drug-likeness (QED) is 0.426. The third-order valence-corrected chi connectivity index (χ3v) is 6.90. The summed E-state index contributed by atoms with van der Waals surface area (Å²) in [5.41, 5.74) is 2.11. The molecule has 1 saturated heterocycles.